The lowest BCUT2D eigenvalue weighted by atomic mass is 10.2. The molecule has 0 saturated carbocycles. The topological polar surface area (TPSA) is 74.7 Å². The first-order valence-electron chi connectivity index (χ1n) is 5.70. The van der Waals surface area contributed by atoms with Crippen molar-refractivity contribution in [2.75, 3.05) is 13.6 Å². The first kappa shape index (κ1) is 13.4. The number of likely N-dealkylation sites (N-methyl/N-ethyl adjacent to an activating group) is 1. The van der Waals surface area contributed by atoms with Gasteiger partial charge in [-0.1, -0.05) is 11.2 Å². The lowest BCUT2D eigenvalue weighted by Crippen LogP contribution is -2.34. The number of rotatable bonds is 6. The average molecular weight is 236 g/mol. The van der Waals surface area contributed by atoms with Crippen LogP contribution in [0, 0.1) is 0 Å². The molecule has 94 valence electrons. The number of pyridine rings is 1. The molecule has 0 bridgehead atoms. The van der Waals surface area contributed by atoms with Gasteiger partial charge in [0.2, 0.25) is 0 Å². The first-order valence-corrected chi connectivity index (χ1v) is 5.70. The quantitative estimate of drug-likeness (QED) is 0.335. The van der Waals surface area contributed by atoms with Gasteiger partial charge < -0.3 is 15.8 Å². The first-order chi connectivity index (χ1) is 8.13. The zero-order valence-corrected chi connectivity index (χ0v) is 10.4. The van der Waals surface area contributed by atoms with Gasteiger partial charge in [0.15, 0.2) is 0 Å². The lowest BCUT2D eigenvalue weighted by molar-refractivity contribution is 0.261. The summed E-state index contributed by atoms with van der Waals surface area (Å²) in [5.41, 5.74) is 6.56. The second kappa shape index (κ2) is 6.85. The molecular weight excluding hydrogens is 216 g/mol. The van der Waals surface area contributed by atoms with E-state index >= 15 is 0 Å². The summed E-state index contributed by atoms with van der Waals surface area (Å²) < 4.78 is 0. The molecule has 3 N–H and O–H groups in total. The summed E-state index contributed by atoms with van der Waals surface area (Å²) in [4.78, 5) is 6.45. The second-order valence-electron chi connectivity index (χ2n) is 4.20. The fourth-order valence-corrected chi connectivity index (χ4v) is 1.56. The molecule has 0 saturated heterocycles. The highest BCUT2D eigenvalue weighted by molar-refractivity contribution is 5.80. The minimum atomic E-state index is 0.245. The number of hydrogen-bond acceptors (Lipinski definition) is 4. The third-order valence-electron chi connectivity index (χ3n) is 2.83. The average Bonchev–Trinajstić information content (AvgIpc) is 2.36. The van der Waals surface area contributed by atoms with Crippen LogP contribution >= 0.6 is 0 Å². The van der Waals surface area contributed by atoms with E-state index in [0.29, 0.717) is 6.42 Å². The van der Waals surface area contributed by atoms with Gasteiger partial charge in [-0.2, -0.15) is 0 Å². The molecule has 1 unspecified atom stereocenters. The van der Waals surface area contributed by atoms with Gasteiger partial charge in [0.1, 0.15) is 5.84 Å². The van der Waals surface area contributed by atoms with Crippen LogP contribution in [0.4, 0.5) is 0 Å². The summed E-state index contributed by atoms with van der Waals surface area (Å²) in [5.74, 6) is 0.266. The maximum absolute atomic E-state index is 8.51. The number of hydrogen-bond donors (Lipinski definition) is 2. The number of nitrogens with zero attached hydrogens (tertiary/aromatic N) is 3. The molecule has 0 aliphatic carbocycles. The van der Waals surface area contributed by atoms with Gasteiger partial charge >= 0.3 is 0 Å². The third kappa shape index (κ3) is 4.82. The van der Waals surface area contributed by atoms with E-state index in [1.165, 1.54) is 0 Å². The van der Waals surface area contributed by atoms with E-state index < -0.39 is 0 Å². The van der Waals surface area contributed by atoms with Crippen molar-refractivity contribution in [3.63, 3.8) is 0 Å². The van der Waals surface area contributed by atoms with Crippen molar-refractivity contribution in [3.8, 4) is 0 Å². The highest BCUT2D eigenvalue weighted by Gasteiger charge is 2.11. The smallest absolute Gasteiger partial charge is 0.140 e. The summed E-state index contributed by atoms with van der Waals surface area (Å²) in [6.07, 6.45) is 3.27. The van der Waals surface area contributed by atoms with Crippen molar-refractivity contribution in [2.45, 2.75) is 25.8 Å². The van der Waals surface area contributed by atoms with Gasteiger partial charge in [-0.25, -0.2) is 0 Å². The van der Waals surface area contributed by atoms with Gasteiger partial charge in [-0.3, -0.25) is 4.98 Å². The number of oxime groups is 1. The van der Waals surface area contributed by atoms with Crippen LogP contribution in [-0.2, 0) is 6.42 Å². The zero-order chi connectivity index (χ0) is 12.7. The highest BCUT2D eigenvalue weighted by atomic mass is 16.4. The van der Waals surface area contributed by atoms with Crippen LogP contribution in [0.15, 0.2) is 29.6 Å². The molecule has 1 aromatic rings. The van der Waals surface area contributed by atoms with Gasteiger partial charge in [0.25, 0.3) is 0 Å². The molecule has 17 heavy (non-hydrogen) atoms. The SMILES string of the molecule is CC(CC(N)=NO)N(C)CCc1ccccn1. The van der Waals surface area contributed by atoms with Crippen LogP contribution in [-0.4, -0.2) is 40.6 Å². The summed E-state index contributed by atoms with van der Waals surface area (Å²) in [5, 5.41) is 11.5. The summed E-state index contributed by atoms with van der Waals surface area (Å²) in [6, 6.07) is 6.16. The number of aromatic nitrogens is 1. The van der Waals surface area contributed by atoms with Crippen LogP contribution in [0.25, 0.3) is 0 Å². The van der Waals surface area contributed by atoms with Crippen molar-refractivity contribution in [3.05, 3.63) is 30.1 Å². The van der Waals surface area contributed by atoms with Crippen molar-refractivity contribution >= 4 is 5.84 Å². The minimum Gasteiger partial charge on any atom is -0.409 e. The summed E-state index contributed by atoms with van der Waals surface area (Å²) in [6.45, 7) is 2.95. The van der Waals surface area contributed by atoms with E-state index in [2.05, 4.69) is 22.0 Å². The standard InChI is InChI=1S/C12H20N4O/c1-10(9-12(13)15-17)16(2)8-6-11-5-3-4-7-14-11/h3-5,7,10,17H,6,8-9H2,1-2H3,(H2,13,15). The van der Waals surface area contributed by atoms with Crippen LogP contribution < -0.4 is 5.73 Å². The van der Waals surface area contributed by atoms with Crippen molar-refractivity contribution in [2.24, 2.45) is 10.9 Å². The highest BCUT2D eigenvalue weighted by Crippen LogP contribution is 2.03. The van der Waals surface area contributed by atoms with E-state index in [4.69, 9.17) is 10.9 Å². The fourth-order valence-electron chi connectivity index (χ4n) is 1.56. The van der Waals surface area contributed by atoms with E-state index in [0.717, 1.165) is 18.7 Å². The summed E-state index contributed by atoms with van der Waals surface area (Å²) in [7, 11) is 2.03. The Morgan fingerprint density at radius 2 is 2.35 bits per heavy atom. The molecule has 1 rings (SSSR count). The molecule has 5 nitrogen and oxygen atoms in total. The Kier molecular flexibility index (Phi) is 5.42. The predicted molar refractivity (Wildman–Crippen MR) is 68.1 cm³/mol. The van der Waals surface area contributed by atoms with Gasteiger partial charge in [-0.05, 0) is 26.1 Å². The molecule has 1 aromatic heterocycles. The Bertz CT molecular complexity index is 353. The van der Waals surface area contributed by atoms with Crippen molar-refractivity contribution in [1.82, 2.24) is 9.88 Å². The number of amidine groups is 1. The molecule has 0 spiro atoms. The zero-order valence-electron chi connectivity index (χ0n) is 10.4. The molecule has 0 aromatic carbocycles. The maximum Gasteiger partial charge on any atom is 0.140 e. The molecule has 0 aliphatic heterocycles. The van der Waals surface area contributed by atoms with E-state index in [9.17, 15) is 0 Å². The van der Waals surface area contributed by atoms with Gasteiger partial charge in [0.05, 0.1) is 0 Å². The Hall–Kier alpha value is -1.62. The van der Waals surface area contributed by atoms with Gasteiger partial charge in [-0.15, -0.1) is 0 Å². The summed E-state index contributed by atoms with van der Waals surface area (Å²) >= 11 is 0. The van der Waals surface area contributed by atoms with Crippen molar-refractivity contribution < 1.29 is 5.21 Å². The van der Waals surface area contributed by atoms with E-state index in [1.54, 1.807) is 6.20 Å². The Morgan fingerprint density at radius 1 is 1.59 bits per heavy atom. The second-order valence-corrected chi connectivity index (χ2v) is 4.20. The van der Waals surface area contributed by atoms with Crippen LogP contribution in [0.5, 0.6) is 0 Å². The van der Waals surface area contributed by atoms with E-state index in [-0.39, 0.29) is 11.9 Å². The molecule has 0 fully saturated rings. The number of nitrogens with two attached hydrogens (primary N) is 1. The lowest BCUT2D eigenvalue weighted by Gasteiger charge is -2.23. The van der Waals surface area contributed by atoms with Crippen LogP contribution in [0.3, 0.4) is 0 Å². The minimum absolute atomic E-state index is 0.245. The van der Waals surface area contributed by atoms with Crippen LogP contribution in [0.1, 0.15) is 19.0 Å². The third-order valence-corrected chi connectivity index (χ3v) is 2.83. The molecule has 5 heteroatoms. The Morgan fingerprint density at radius 3 is 2.94 bits per heavy atom. The van der Waals surface area contributed by atoms with Crippen LogP contribution in [0.2, 0.25) is 0 Å². The Balaban J connectivity index is 2.36. The molecule has 0 radical (unpaired) electrons. The van der Waals surface area contributed by atoms with Gasteiger partial charge in [0, 0.05) is 37.3 Å². The molecule has 1 atom stereocenters. The largest absolute Gasteiger partial charge is 0.409 e. The normalized spacial score (nSPS) is 13.9. The van der Waals surface area contributed by atoms with E-state index in [1.807, 2.05) is 25.2 Å². The maximum atomic E-state index is 8.51. The molecule has 0 aliphatic rings. The Labute approximate surface area is 102 Å². The molecule has 1 heterocycles. The molecular formula is C12H20N4O. The molecule has 0 amide bonds. The van der Waals surface area contributed by atoms with Crippen molar-refractivity contribution in [1.29, 1.82) is 0 Å². The monoisotopic (exact) mass is 236 g/mol. The predicted octanol–water partition coefficient (Wildman–Crippen LogP) is 1.08. The fraction of sp³-hybridized carbons (Fsp3) is 0.500.